The molecule has 3 heteroatoms. The fraction of sp³-hybridized carbons (Fsp3) is 0.556. The number of alkyl halides is 1. The molecule has 0 spiro atoms. The highest BCUT2D eigenvalue weighted by atomic mass is 79.9. The van der Waals surface area contributed by atoms with E-state index in [-0.39, 0.29) is 0 Å². The predicted octanol–water partition coefficient (Wildman–Crippen LogP) is 2.80. The van der Waals surface area contributed by atoms with E-state index in [0.29, 0.717) is 5.76 Å². The molecule has 1 aromatic rings. The summed E-state index contributed by atoms with van der Waals surface area (Å²) in [5.41, 5.74) is 0. The SMILES string of the molecule is Cc1ccc([C@H](O)CCCBr)o1. The first-order chi connectivity index (χ1) is 5.74. The van der Waals surface area contributed by atoms with E-state index in [4.69, 9.17) is 4.42 Å². The van der Waals surface area contributed by atoms with Crippen molar-refractivity contribution in [2.75, 3.05) is 5.33 Å². The van der Waals surface area contributed by atoms with Gasteiger partial charge in [0, 0.05) is 5.33 Å². The molecule has 0 amide bonds. The first-order valence-corrected chi connectivity index (χ1v) is 5.16. The van der Waals surface area contributed by atoms with Gasteiger partial charge in [-0.1, -0.05) is 15.9 Å². The summed E-state index contributed by atoms with van der Waals surface area (Å²) in [5, 5.41) is 10.5. The summed E-state index contributed by atoms with van der Waals surface area (Å²) in [6, 6.07) is 3.70. The molecule has 0 aliphatic heterocycles. The molecule has 1 aromatic heterocycles. The van der Waals surface area contributed by atoms with Crippen molar-refractivity contribution in [3.63, 3.8) is 0 Å². The zero-order valence-corrected chi connectivity index (χ0v) is 8.67. The van der Waals surface area contributed by atoms with Crippen molar-refractivity contribution in [2.45, 2.75) is 25.9 Å². The summed E-state index contributed by atoms with van der Waals surface area (Å²) in [4.78, 5) is 0. The number of aryl methyl sites for hydroxylation is 1. The minimum Gasteiger partial charge on any atom is -0.464 e. The average Bonchev–Trinajstić information content (AvgIpc) is 2.47. The van der Waals surface area contributed by atoms with Crippen LogP contribution in [0.1, 0.15) is 30.5 Å². The molecule has 0 radical (unpaired) electrons. The molecule has 0 aromatic carbocycles. The van der Waals surface area contributed by atoms with Crippen molar-refractivity contribution >= 4 is 15.9 Å². The quantitative estimate of drug-likeness (QED) is 0.811. The Balaban J connectivity index is 2.47. The van der Waals surface area contributed by atoms with Crippen molar-refractivity contribution in [1.82, 2.24) is 0 Å². The molecule has 1 atom stereocenters. The summed E-state index contributed by atoms with van der Waals surface area (Å²) < 4.78 is 5.28. The smallest absolute Gasteiger partial charge is 0.132 e. The van der Waals surface area contributed by atoms with Gasteiger partial charge in [-0.3, -0.25) is 0 Å². The Hall–Kier alpha value is -0.280. The lowest BCUT2D eigenvalue weighted by molar-refractivity contribution is 0.138. The number of aliphatic hydroxyl groups is 1. The molecule has 0 fully saturated rings. The van der Waals surface area contributed by atoms with Gasteiger partial charge in [0.1, 0.15) is 17.6 Å². The third kappa shape index (κ3) is 2.64. The second-order valence-corrected chi connectivity index (χ2v) is 3.59. The maximum atomic E-state index is 9.55. The standard InChI is InChI=1S/C9H13BrO2/c1-7-4-5-9(12-7)8(11)3-2-6-10/h4-5,8,11H,2-3,6H2,1H3/t8-/m1/s1. The molecule has 0 saturated carbocycles. The van der Waals surface area contributed by atoms with Crippen molar-refractivity contribution in [3.8, 4) is 0 Å². The molecule has 0 unspecified atom stereocenters. The molecule has 2 nitrogen and oxygen atoms in total. The largest absolute Gasteiger partial charge is 0.464 e. The lowest BCUT2D eigenvalue weighted by Gasteiger charge is -2.04. The molecule has 1 N–H and O–H groups in total. The second kappa shape index (κ2) is 4.67. The van der Waals surface area contributed by atoms with Gasteiger partial charge in [0.2, 0.25) is 0 Å². The van der Waals surface area contributed by atoms with Crippen LogP contribution in [0.25, 0.3) is 0 Å². The van der Waals surface area contributed by atoms with E-state index < -0.39 is 6.10 Å². The molecule has 0 bridgehead atoms. The minimum atomic E-state index is -0.448. The number of furan rings is 1. The molecule has 1 rings (SSSR count). The molecular formula is C9H13BrO2. The number of halogens is 1. The molecular weight excluding hydrogens is 220 g/mol. The Morgan fingerprint density at radius 1 is 1.58 bits per heavy atom. The van der Waals surface area contributed by atoms with Gasteiger partial charge < -0.3 is 9.52 Å². The zero-order valence-electron chi connectivity index (χ0n) is 7.09. The van der Waals surface area contributed by atoms with Gasteiger partial charge in [-0.05, 0) is 31.9 Å². The molecule has 68 valence electrons. The van der Waals surface area contributed by atoms with Gasteiger partial charge in [0.15, 0.2) is 0 Å². The second-order valence-electron chi connectivity index (χ2n) is 2.80. The van der Waals surface area contributed by atoms with E-state index in [0.717, 1.165) is 23.9 Å². The van der Waals surface area contributed by atoms with Gasteiger partial charge in [0.05, 0.1) is 0 Å². The molecule has 0 aliphatic rings. The topological polar surface area (TPSA) is 33.4 Å². The van der Waals surface area contributed by atoms with E-state index in [9.17, 15) is 5.11 Å². The van der Waals surface area contributed by atoms with Crippen LogP contribution >= 0.6 is 15.9 Å². The van der Waals surface area contributed by atoms with Gasteiger partial charge in [-0.15, -0.1) is 0 Å². The van der Waals surface area contributed by atoms with Crippen molar-refractivity contribution in [2.24, 2.45) is 0 Å². The summed E-state index contributed by atoms with van der Waals surface area (Å²) in [5.74, 6) is 1.52. The lowest BCUT2D eigenvalue weighted by Crippen LogP contribution is -1.95. The lowest BCUT2D eigenvalue weighted by atomic mass is 10.2. The van der Waals surface area contributed by atoms with Gasteiger partial charge >= 0.3 is 0 Å². The Labute approximate surface area is 80.7 Å². The minimum absolute atomic E-state index is 0.448. The van der Waals surface area contributed by atoms with Crippen molar-refractivity contribution in [1.29, 1.82) is 0 Å². The van der Waals surface area contributed by atoms with E-state index in [1.54, 1.807) is 0 Å². The zero-order chi connectivity index (χ0) is 8.97. The van der Waals surface area contributed by atoms with Gasteiger partial charge in [0.25, 0.3) is 0 Å². The van der Waals surface area contributed by atoms with Crippen LogP contribution in [0.2, 0.25) is 0 Å². The van der Waals surface area contributed by atoms with Crippen LogP contribution in [0.15, 0.2) is 16.5 Å². The van der Waals surface area contributed by atoms with Gasteiger partial charge in [-0.25, -0.2) is 0 Å². The first-order valence-electron chi connectivity index (χ1n) is 4.04. The Kier molecular flexibility index (Phi) is 3.82. The maximum absolute atomic E-state index is 9.55. The normalized spacial score (nSPS) is 13.2. The summed E-state index contributed by atoms with van der Waals surface area (Å²) in [7, 11) is 0. The highest BCUT2D eigenvalue weighted by Crippen LogP contribution is 2.20. The van der Waals surface area contributed by atoms with E-state index in [1.807, 2.05) is 19.1 Å². The number of hydrogen-bond acceptors (Lipinski definition) is 2. The molecule has 1 heterocycles. The van der Waals surface area contributed by atoms with Gasteiger partial charge in [-0.2, -0.15) is 0 Å². The number of aliphatic hydroxyl groups excluding tert-OH is 1. The first kappa shape index (κ1) is 9.81. The highest BCUT2D eigenvalue weighted by molar-refractivity contribution is 9.09. The monoisotopic (exact) mass is 232 g/mol. The van der Waals surface area contributed by atoms with Crippen LogP contribution < -0.4 is 0 Å². The molecule has 0 aliphatic carbocycles. The Morgan fingerprint density at radius 2 is 2.33 bits per heavy atom. The van der Waals surface area contributed by atoms with Crippen LogP contribution in [-0.2, 0) is 0 Å². The summed E-state index contributed by atoms with van der Waals surface area (Å²) in [6.07, 6.45) is 1.26. The van der Waals surface area contributed by atoms with E-state index in [2.05, 4.69) is 15.9 Å². The fourth-order valence-corrected chi connectivity index (χ4v) is 1.37. The molecule has 12 heavy (non-hydrogen) atoms. The number of hydrogen-bond donors (Lipinski definition) is 1. The van der Waals surface area contributed by atoms with Crippen molar-refractivity contribution in [3.05, 3.63) is 23.7 Å². The van der Waals surface area contributed by atoms with Crippen LogP contribution in [-0.4, -0.2) is 10.4 Å². The van der Waals surface area contributed by atoms with Crippen LogP contribution in [0.5, 0.6) is 0 Å². The summed E-state index contributed by atoms with van der Waals surface area (Å²) in [6.45, 7) is 1.88. The highest BCUT2D eigenvalue weighted by Gasteiger charge is 2.09. The van der Waals surface area contributed by atoms with Crippen molar-refractivity contribution < 1.29 is 9.52 Å². The fourth-order valence-electron chi connectivity index (χ4n) is 1.05. The van der Waals surface area contributed by atoms with Crippen LogP contribution in [0.3, 0.4) is 0 Å². The van der Waals surface area contributed by atoms with E-state index in [1.165, 1.54) is 0 Å². The third-order valence-electron chi connectivity index (χ3n) is 1.70. The number of rotatable bonds is 4. The van der Waals surface area contributed by atoms with Crippen LogP contribution in [0.4, 0.5) is 0 Å². The maximum Gasteiger partial charge on any atom is 0.132 e. The Bertz CT molecular complexity index is 232. The average molecular weight is 233 g/mol. The third-order valence-corrected chi connectivity index (χ3v) is 2.26. The molecule has 0 saturated heterocycles. The van der Waals surface area contributed by atoms with E-state index >= 15 is 0 Å². The Morgan fingerprint density at radius 3 is 2.83 bits per heavy atom. The summed E-state index contributed by atoms with van der Waals surface area (Å²) >= 11 is 3.31. The van der Waals surface area contributed by atoms with Crippen LogP contribution in [0, 0.1) is 6.92 Å². The predicted molar refractivity (Wildman–Crippen MR) is 51.4 cm³/mol.